The van der Waals surface area contributed by atoms with Crippen LogP contribution in [0.5, 0.6) is 11.5 Å². The molecule has 1 amide bonds. The number of methoxy groups -OCH3 is 1. The van der Waals surface area contributed by atoms with Crippen LogP contribution in [0.3, 0.4) is 0 Å². The van der Waals surface area contributed by atoms with Crippen molar-refractivity contribution in [1.82, 2.24) is 10.2 Å². The number of nitrogens with zero attached hydrogens (tertiary/aromatic N) is 2. The summed E-state index contributed by atoms with van der Waals surface area (Å²) in [6.07, 6.45) is 0.880. The van der Waals surface area contributed by atoms with E-state index in [2.05, 4.69) is 31.4 Å². The fourth-order valence-electron chi connectivity index (χ4n) is 2.31. The van der Waals surface area contributed by atoms with Gasteiger partial charge in [0.15, 0.2) is 15.8 Å². The third kappa shape index (κ3) is 5.24. The second kappa shape index (κ2) is 9.90. The number of benzene rings is 2. The number of nitrogens with one attached hydrogen (secondary N) is 1. The maximum Gasteiger partial charge on any atom is 0.255 e. The first-order valence-electron chi connectivity index (χ1n) is 8.46. The lowest BCUT2D eigenvalue weighted by Crippen LogP contribution is -2.12. The average molecular weight is 480 g/mol. The zero-order chi connectivity index (χ0) is 19.9. The number of ether oxygens (including phenoxy) is 2. The average Bonchev–Trinajstić information content (AvgIpc) is 3.21. The van der Waals surface area contributed by atoms with Gasteiger partial charge in [0, 0.05) is 16.1 Å². The van der Waals surface area contributed by atoms with Crippen LogP contribution in [-0.2, 0) is 0 Å². The number of carbonyl (C=O) groups is 1. The first-order chi connectivity index (χ1) is 13.6. The molecule has 6 nitrogen and oxygen atoms in total. The summed E-state index contributed by atoms with van der Waals surface area (Å²) in [5.41, 5.74) is 2.87. The summed E-state index contributed by atoms with van der Waals surface area (Å²) >= 11 is 6.48. The Bertz CT molecular complexity index is 934. The number of carbonyl (C=O) groups excluding carboxylic acids is 1. The number of halogens is 1. The van der Waals surface area contributed by atoms with Gasteiger partial charge in [0.25, 0.3) is 5.91 Å². The van der Waals surface area contributed by atoms with Gasteiger partial charge in [-0.3, -0.25) is 4.79 Å². The van der Waals surface area contributed by atoms with E-state index < -0.39 is 0 Å². The molecule has 1 aromatic heterocycles. The van der Waals surface area contributed by atoms with Crippen LogP contribution in [-0.4, -0.2) is 29.8 Å². The van der Waals surface area contributed by atoms with Gasteiger partial charge in [0.1, 0.15) is 5.51 Å². The maximum absolute atomic E-state index is 12.7. The minimum Gasteiger partial charge on any atom is -0.493 e. The molecule has 0 saturated carbocycles. The van der Waals surface area contributed by atoms with E-state index in [0.717, 1.165) is 15.7 Å². The monoisotopic (exact) mass is 479 g/mol. The molecule has 146 valence electrons. The number of amides is 1. The minimum absolute atomic E-state index is 0.231. The van der Waals surface area contributed by atoms with E-state index in [1.54, 1.807) is 24.8 Å². The molecular formula is C19H18BrN3O3S2. The molecule has 3 aromatic rings. The van der Waals surface area contributed by atoms with Crippen LogP contribution in [0.2, 0.25) is 0 Å². The number of anilines is 1. The highest BCUT2D eigenvalue weighted by atomic mass is 79.9. The number of hydrogen-bond acceptors (Lipinski definition) is 7. The van der Waals surface area contributed by atoms with Gasteiger partial charge in [-0.1, -0.05) is 30.0 Å². The molecule has 28 heavy (non-hydrogen) atoms. The van der Waals surface area contributed by atoms with E-state index in [-0.39, 0.29) is 5.91 Å². The van der Waals surface area contributed by atoms with E-state index in [4.69, 9.17) is 9.47 Å². The molecule has 2 aromatic carbocycles. The zero-order valence-corrected chi connectivity index (χ0v) is 18.5. The summed E-state index contributed by atoms with van der Waals surface area (Å²) in [6, 6.07) is 11.0. The van der Waals surface area contributed by atoms with E-state index in [1.807, 2.05) is 31.2 Å². The van der Waals surface area contributed by atoms with Crippen LogP contribution in [0.4, 0.5) is 5.69 Å². The summed E-state index contributed by atoms with van der Waals surface area (Å²) in [5, 5.41) is 10.7. The van der Waals surface area contributed by atoms with Crippen molar-refractivity contribution in [3.8, 4) is 11.5 Å². The van der Waals surface area contributed by atoms with Crippen molar-refractivity contribution in [2.45, 2.75) is 22.6 Å². The Balaban J connectivity index is 1.71. The molecular weight excluding hydrogens is 462 g/mol. The molecule has 9 heteroatoms. The van der Waals surface area contributed by atoms with Gasteiger partial charge in [-0.25, -0.2) is 0 Å². The van der Waals surface area contributed by atoms with Gasteiger partial charge in [-0.05, 0) is 58.7 Å². The predicted molar refractivity (Wildman–Crippen MR) is 115 cm³/mol. The molecule has 3 rings (SSSR count). The van der Waals surface area contributed by atoms with Crippen molar-refractivity contribution in [1.29, 1.82) is 0 Å². The normalized spacial score (nSPS) is 10.5. The number of hydrogen-bond donors (Lipinski definition) is 1. The second-order valence-electron chi connectivity index (χ2n) is 5.62. The van der Waals surface area contributed by atoms with Gasteiger partial charge in [-0.2, -0.15) is 0 Å². The fourth-order valence-corrected chi connectivity index (χ4v) is 4.32. The van der Waals surface area contributed by atoms with Crippen molar-refractivity contribution >= 4 is 50.6 Å². The Labute approximate surface area is 179 Å². The van der Waals surface area contributed by atoms with Gasteiger partial charge in [0.2, 0.25) is 0 Å². The fraction of sp³-hybridized carbons (Fsp3) is 0.211. The topological polar surface area (TPSA) is 73.3 Å². The Morgan fingerprint density at radius 3 is 2.71 bits per heavy atom. The lowest BCUT2D eigenvalue weighted by molar-refractivity contribution is 0.102. The highest BCUT2D eigenvalue weighted by molar-refractivity contribution is 9.10. The molecule has 0 unspecified atom stereocenters. The molecule has 1 N–H and O–H groups in total. The summed E-state index contributed by atoms with van der Waals surface area (Å²) in [4.78, 5) is 13.7. The molecule has 0 spiro atoms. The van der Waals surface area contributed by atoms with Crippen molar-refractivity contribution in [2.75, 3.05) is 19.0 Å². The molecule has 0 radical (unpaired) electrons. The SMILES string of the molecule is CCCOc1c(Br)cc(C(=O)Nc2ccc(Sc3nncs3)cc2)cc1OC. The van der Waals surface area contributed by atoms with Crippen molar-refractivity contribution in [3.63, 3.8) is 0 Å². The van der Waals surface area contributed by atoms with Gasteiger partial charge in [0.05, 0.1) is 18.2 Å². The van der Waals surface area contributed by atoms with Crippen molar-refractivity contribution in [2.24, 2.45) is 0 Å². The van der Waals surface area contributed by atoms with Crippen molar-refractivity contribution in [3.05, 3.63) is 51.9 Å². The summed E-state index contributed by atoms with van der Waals surface area (Å²) < 4.78 is 12.6. The molecule has 0 aliphatic heterocycles. The quantitative estimate of drug-likeness (QED) is 0.459. The molecule has 0 bridgehead atoms. The molecule has 0 aliphatic rings. The lowest BCUT2D eigenvalue weighted by atomic mass is 10.1. The molecule has 1 heterocycles. The van der Waals surface area contributed by atoms with Crippen LogP contribution < -0.4 is 14.8 Å². The zero-order valence-electron chi connectivity index (χ0n) is 15.3. The molecule has 0 aliphatic carbocycles. The van der Waals surface area contributed by atoms with Gasteiger partial charge in [-0.15, -0.1) is 10.2 Å². The molecule has 0 fully saturated rings. The number of rotatable bonds is 8. The molecule has 0 atom stereocenters. The third-order valence-electron chi connectivity index (χ3n) is 3.60. The van der Waals surface area contributed by atoms with Crippen LogP contribution in [0, 0.1) is 0 Å². The summed E-state index contributed by atoms with van der Waals surface area (Å²) in [7, 11) is 1.55. The van der Waals surface area contributed by atoms with Crippen LogP contribution in [0.25, 0.3) is 0 Å². The van der Waals surface area contributed by atoms with Crippen LogP contribution in [0.1, 0.15) is 23.7 Å². The summed E-state index contributed by atoms with van der Waals surface area (Å²) in [6.45, 7) is 2.60. The van der Waals surface area contributed by atoms with E-state index in [9.17, 15) is 4.79 Å². The van der Waals surface area contributed by atoms with Crippen LogP contribution in [0.15, 0.2) is 55.6 Å². The number of aromatic nitrogens is 2. The Hall–Kier alpha value is -2.10. The largest absolute Gasteiger partial charge is 0.493 e. The third-order valence-corrected chi connectivity index (χ3v) is 5.97. The van der Waals surface area contributed by atoms with E-state index in [1.165, 1.54) is 23.1 Å². The van der Waals surface area contributed by atoms with E-state index >= 15 is 0 Å². The Kier molecular flexibility index (Phi) is 7.30. The molecule has 0 saturated heterocycles. The van der Waals surface area contributed by atoms with Crippen LogP contribution >= 0.6 is 39.0 Å². The minimum atomic E-state index is -0.231. The standard InChI is InChI=1S/C19H18BrN3O3S2/c1-3-8-26-17-15(20)9-12(10-16(17)25-2)18(24)22-13-4-6-14(7-5-13)28-19-23-21-11-27-19/h4-7,9-11H,3,8H2,1-2H3,(H,22,24). The summed E-state index contributed by atoms with van der Waals surface area (Å²) in [5.74, 6) is 0.876. The Morgan fingerprint density at radius 2 is 2.07 bits per heavy atom. The maximum atomic E-state index is 12.7. The first-order valence-corrected chi connectivity index (χ1v) is 11.0. The first kappa shape index (κ1) is 20.6. The highest BCUT2D eigenvalue weighted by Crippen LogP contribution is 2.37. The highest BCUT2D eigenvalue weighted by Gasteiger charge is 2.16. The smallest absolute Gasteiger partial charge is 0.255 e. The Morgan fingerprint density at radius 1 is 1.29 bits per heavy atom. The van der Waals surface area contributed by atoms with Gasteiger partial charge >= 0.3 is 0 Å². The lowest BCUT2D eigenvalue weighted by Gasteiger charge is -2.14. The predicted octanol–water partition coefficient (Wildman–Crippen LogP) is 5.50. The van der Waals surface area contributed by atoms with Gasteiger partial charge < -0.3 is 14.8 Å². The second-order valence-corrected chi connectivity index (χ2v) is 8.63. The van der Waals surface area contributed by atoms with E-state index in [0.29, 0.717) is 33.8 Å². The van der Waals surface area contributed by atoms with Crippen molar-refractivity contribution < 1.29 is 14.3 Å².